The number of rotatable bonds is 2. The molecule has 0 saturated carbocycles. The SMILES string of the molecule is COC(=O)[C@@H]1Cc2c[nH]c3cccc(c23)N(C)[C@@H](C(C)C)C(=O)N1. The van der Waals surface area contributed by atoms with Crippen LogP contribution < -0.4 is 10.2 Å². The van der Waals surface area contributed by atoms with E-state index < -0.39 is 12.0 Å². The zero-order chi connectivity index (χ0) is 17.4. The number of nitrogens with one attached hydrogen (secondary N) is 2. The van der Waals surface area contributed by atoms with Crippen LogP contribution >= 0.6 is 0 Å². The van der Waals surface area contributed by atoms with Gasteiger partial charge in [-0.15, -0.1) is 0 Å². The molecule has 0 bridgehead atoms. The Kier molecular flexibility index (Phi) is 4.22. The number of carbonyl (C=O) groups excluding carboxylic acids is 2. The maximum Gasteiger partial charge on any atom is 0.328 e. The molecule has 0 fully saturated rings. The van der Waals surface area contributed by atoms with Crippen LogP contribution in [0.2, 0.25) is 0 Å². The molecular formula is C18H23N3O3. The van der Waals surface area contributed by atoms with Crippen molar-refractivity contribution in [1.82, 2.24) is 10.3 Å². The lowest BCUT2D eigenvalue weighted by atomic mass is 10.0. The summed E-state index contributed by atoms with van der Waals surface area (Å²) in [7, 11) is 3.27. The van der Waals surface area contributed by atoms with Gasteiger partial charge < -0.3 is 19.9 Å². The number of aromatic amines is 1. The Labute approximate surface area is 141 Å². The molecule has 1 aliphatic rings. The highest BCUT2D eigenvalue weighted by Crippen LogP contribution is 2.33. The van der Waals surface area contributed by atoms with E-state index >= 15 is 0 Å². The summed E-state index contributed by atoms with van der Waals surface area (Å²) in [5, 5.41) is 3.92. The Morgan fingerprint density at radius 2 is 2.12 bits per heavy atom. The Morgan fingerprint density at radius 1 is 1.38 bits per heavy atom. The number of ether oxygens (including phenoxy) is 1. The summed E-state index contributed by atoms with van der Waals surface area (Å²) in [4.78, 5) is 30.2. The molecule has 1 aliphatic heterocycles. The van der Waals surface area contributed by atoms with Crippen molar-refractivity contribution in [2.24, 2.45) is 5.92 Å². The Balaban J connectivity index is 2.20. The van der Waals surface area contributed by atoms with Crippen LogP contribution in [-0.4, -0.2) is 43.1 Å². The van der Waals surface area contributed by atoms with E-state index in [-0.39, 0.29) is 17.9 Å². The molecule has 0 aliphatic carbocycles. The van der Waals surface area contributed by atoms with Crippen molar-refractivity contribution < 1.29 is 14.3 Å². The van der Waals surface area contributed by atoms with Crippen molar-refractivity contribution >= 4 is 28.5 Å². The van der Waals surface area contributed by atoms with E-state index in [0.717, 1.165) is 22.2 Å². The van der Waals surface area contributed by atoms with E-state index in [1.165, 1.54) is 7.11 Å². The minimum Gasteiger partial charge on any atom is -0.467 e. The van der Waals surface area contributed by atoms with Gasteiger partial charge in [0.2, 0.25) is 5.91 Å². The molecule has 0 spiro atoms. The molecular weight excluding hydrogens is 306 g/mol. The molecule has 0 unspecified atom stereocenters. The van der Waals surface area contributed by atoms with Gasteiger partial charge in [-0.3, -0.25) is 4.79 Å². The second-order valence-corrected chi connectivity index (χ2v) is 6.60. The highest BCUT2D eigenvalue weighted by molar-refractivity contribution is 5.99. The summed E-state index contributed by atoms with van der Waals surface area (Å²) in [6.07, 6.45) is 2.30. The number of H-pyrrole nitrogens is 1. The first-order valence-corrected chi connectivity index (χ1v) is 8.14. The number of likely N-dealkylation sites (N-methyl/N-ethyl adjacent to an activating group) is 1. The normalized spacial score (nSPS) is 21.2. The molecule has 24 heavy (non-hydrogen) atoms. The van der Waals surface area contributed by atoms with Gasteiger partial charge in [0.1, 0.15) is 12.1 Å². The maximum atomic E-state index is 12.8. The van der Waals surface area contributed by atoms with Crippen LogP contribution in [0.15, 0.2) is 24.4 Å². The molecule has 2 heterocycles. The van der Waals surface area contributed by atoms with E-state index in [2.05, 4.69) is 10.3 Å². The molecule has 1 aromatic heterocycles. The molecule has 2 N–H and O–H groups in total. The second kappa shape index (κ2) is 6.19. The molecule has 3 rings (SSSR count). The van der Waals surface area contributed by atoms with Crippen molar-refractivity contribution in [3.63, 3.8) is 0 Å². The predicted molar refractivity (Wildman–Crippen MR) is 93.0 cm³/mol. The highest BCUT2D eigenvalue weighted by Gasteiger charge is 2.34. The monoisotopic (exact) mass is 329 g/mol. The third-order valence-corrected chi connectivity index (χ3v) is 4.69. The van der Waals surface area contributed by atoms with Crippen LogP contribution in [0.4, 0.5) is 5.69 Å². The van der Waals surface area contributed by atoms with E-state index in [1.807, 2.05) is 50.2 Å². The topological polar surface area (TPSA) is 74.4 Å². The van der Waals surface area contributed by atoms with Gasteiger partial charge in [0.15, 0.2) is 0 Å². The van der Waals surface area contributed by atoms with E-state index in [4.69, 9.17) is 4.74 Å². The average molecular weight is 329 g/mol. The van der Waals surface area contributed by atoms with Crippen molar-refractivity contribution in [2.45, 2.75) is 32.4 Å². The molecule has 0 radical (unpaired) electrons. The fourth-order valence-corrected chi connectivity index (χ4v) is 3.58. The molecule has 1 aromatic carbocycles. The third-order valence-electron chi connectivity index (χ3n) is 4.69. The van der Waals surface area contributed by atoms with Crippen LogP contribution in [0.3, 0.4) is 0 Å². The van der Waals surface area contributed by atoms with Gasteiger partial charge in [0.05, 0.1) is 7.11 Å². The number of aromatic nitrogens is 1. The Hall–Kier alpha value is -2.50. The number of anilines is 1. The number of carbonyl (C=O) groups is 2. The van der Waals surface area contributed by atoms with Crippen LogP contribution in [0, 0.1) is 5.92 Å². The predicted octanol–water partition coefficient (Wildman–Crippen LogP) is 1.84. The number of esters is 1. The molecule has 1 amide bonds. The zero-order valence-corrected chi connectivity index (χ0v) is 14.4. The van der Waals surface area contributed by atoms with Gasteiger partial charge in [-0.1, -0.05) is 19.9 Å². The zero-order valence-electron chi connectivity index (χ0n) is 14.4. The maximum absolute atomic E-state index is 12.8. The van der Waals surface area contributed by atoms with Crippen molar-refractivity contribution in [1.29, 1.82) is 0 Å². The van der Waals surface area contributed by atoms with Crippen LogP contribution in [0.1, 0.15) is 19.4 Å². The van der Waals surface area contributed by atoms with Gasteiger partial charge in [0.25, 0.3) is 0 Å². The fraction of sp³-hybridized carbons (Fsp3) is 0.444. The lowest BCUT2D eigenvalue weighted by Gasteiger charge is -2.32. The Bertz CT molecular complexity index is 781. The summed E-state index contributed by atoms with van der Waals surface area (Å²) >= 11 is 0. The van der Waals surface area contributed by atoms with Gasteiger partial charge >= 0.3 is 5.97 Å². The first-order chi connectivity index (χ1) is 11.4. The largest absolute Gasteiger partial charge is 0.467 e. The van der Waals surface area contributed by atoms with E-state index in [0.29, 0.717) is 6.42 Å². The number of hydrogen-bond acceptors (Lipinski definition) is 4. The standard InChI is InChI=1S/C18H23N3O3/c1-10(2)16-17(22)20-13(18(23)24-4)8-11-9-19-12-6-5-7-14(15(11)12)21(16)3/h5-7,9-10,13,16,19H,8H2,1-4H3,(H,20,22)/t13-,16-/m0/s1. The number of nitrogens with zero attached hydrogens (tertiary/aromatic N) is 1. The lowest BCUT2D eigenvalue weighted by molar-refractivity contribution is -0.145. The first-order valence-electron chi connectivity index (χ1n) is 8.14. The van der Waals surface area contributed by atoms with Crippen molar-refractivity contribution in [3.05, 3.63) is 30.0 Å². The minimum absolute atomic E-state index is 0.0871. The fourth-order valence-electron chi connectivity index (χ4n) is 3.58. The summed E-state index contributed by atoms with van der Waals surface area (Å²) in [6.45, 7) is 4.01. The van der Waals surface area contributed by atoms with Gasteiger partial charge in [0, 0.05) is 36.3 Å². The van der Waals surface area contributed by atoms with Gasteiger partial charge in [-0.2, -0.15) is 0 Å². The molecule has 0 saturated heterocycles. The number of benzene rings is 1. The molecule has 6 heteroatoms. The van der Waals surface area contributed by atoms with Crippen LogP contribution in [-0.2, 0) is 20.7 Å². The number of methoxy groups -OCH3 is 1. The molecule has 6 nitrogen and oxygen atoms in total. The smallest absolute Gasteiger partial charge is 0.328 e. The van der Waals surface area contributed by atoms with Crippen LogP contribution in [0.25, 0.3) is 10.9 Å². The molecule has 2 atom stereocenters. The summed E-state index contributed by atoms with van der Waals surface area (Å²) < 4.78 is 4.88. The van der Waals surface area contributed by atoms with Crippen molar-refractivity contribution in [3.8, 4) is 0 Å². The first kappa shape index (κ1) is 16.4. The Morgan fingerprint density at radius 3 is 2.79 bits per heavy atom. The second-order valence-electron chi connectivity index (χ2n) is 6.60. The van der Waals surface area contributed by atoms with Crippen molar-refractivity contribution in [2.75, 3.05) is 19.1 Å². The summed E-state index contributed by atoms with van der Waals surface area (Å²) in [5.74, 6) is -0.500. The lowest BCUT2D eigenvalue weighted by Crippen LogP contribution is -2.53. The highest BCUT2D eigenvalue weighted by atomic mass is 16.5. The van der Waals surface area contributed by atoms with Gasteiger partial charge in [-0.05, 0) is 23.6 Å². The third kappa shape index (κ3) is 2.62. The quantitative estimate of drug-likeness (QED) is 0.825. The summed E-state index contributed by atoms with van der Waals surface area (Å²) in [6, 6.07) is 4.92. The van der Waals surface area contributed by atoms with Gasteiger partial charge in [-0.25, -0.2) is 4.79 Å². The van der Waals surface area contributed by atoms with E-state index in [9.17, 15) is 9.59 Å². The number of hydrogen-bond donors (Lipinski definition) is 2. The summed E-state index contributed by atoms with van der Waals surface area (Å²) in [5.41, 5.74) is 2.98. The van der Waals surface area contributed by atoms with E-state index in [1.54, 1.807) is 0 Å². The average Bonchev–Trinajstić information content (AvgIpc) is 2.96. The number of amides is 1. The minimum atomic E-state index is -0.692. The molecule has 128 valence electrons. The molecule has 2 aromatic rings. The van der Waals surface area contributed by atoms with Crippen LogP contribution in [0.5, 0.6) is 0 Å².